The van der Waals surface area contributed by atoms with Gasteiger partial charge in [-0.2, -0.15) is 0 Å². The Balaban J connectivity index is 1.68. The molecule has 1 aromatic carbocycles. The molecule has 1 aliphatic heterocycles. The number of benzene rings is 1. The van der Waals surface area contributed by atoms with Crippen molar-refractivity contribution in [2.75, 3.05) is 18.5 Å². The molecule has 6 nitrogen and oxygen atoms in total. The van der Waals surface area contributed by atoms with Gasteiger partial charge < -0.3 is 19.5 Å². The molecular weight excluding hydrogens is 299 g/mol. The number of amides is 2. The molecule has 122 valence electrons. The minimum Gasteiger partial charge on any atom is -0.375 e. The second kappa shape index (κ2) is 6.78. The fourth-order valence-electron chi connectivity index (χ4n) is 2.57. The van der Waals surface area contributed by atoms with Gasteiger partial charge in [-0.1, -0.05) is 6.07 Å². The highest BCUT2D eigenvalue weighted by atomic mass is 19.1. The first-order valence-electron chi connectivity index (χ1n) is 7.59. The van der Waals surface area contributed by atoms with Crippen LogP contribution in [0.1, 0.15) is 18.3 Å². The zero-order chi connectivity index (χ0) is 16.2. The fraction of sp³-hybridized carbons (Fsp3) is 0.375. The predicted octanol–water partition coefficient (Wildman–Crippen LogP) is 2.61. The standard InChI is InChI=1S/C16H19FN4O2/c1-2-23-10-14-15-9-20(6-7-21(15)11-18-14)16(22)19-13-5-3-4-12(17)8-13/h3-5,8,11H,2,6-7,9-10H2,1H3,(H,19,22). The normalized spacial score (nSPS) is 13.7. The van der Waals surface area contributed by atoms with Gasteiger partial charge in [0.1, 0.15) is 5.82 Å². The molecule has 0 aliphatic carbocycles. The summed E-state index contributed by atoms with van der Waals surface area (Å²) in [6.07, 6.45) is 1.78. The van der Waals surface area contributed by atoms with E-state index < -0.39 is 0 Å². The Morgan fingerprint density at radius 3 is 3.09 bits per heavy atom. The predicted molar refractivity (Wildman–Crippen MR) is 83.4 cm³/mol. The van der Waals surface area contributed by atoms with Crippen LogP contribution < -0.4 is 5.32 Å². The number of urea groups is 1. The number of carbonyl (C=O) groups excluding carboxylic acids is 1. The van der Waals surface area contributed by atoms with Gasteiger partial charge in [-0.3, -0.25) is 0 Å². The van der Waals surface area contributed by atoms with Crippen molar-refractivity contribution in [2.45, 2.75) is 26.6 Å². The highest BCUT2D eigenvalue weighted by molar-refractivity contribution is 5.89. The summed E-state index contributed by atoms with van der Waals surface area (Å²) in [6, 6.07) is 5.62. The van der Waals surface area contributed by atoms with Crippen LogP contribution in [-0.2, 0) is 24.4 Å². The molecule has 2 amide bonds. The second-order valence-electron chi connectivity index (χ2n) is 5.33. The number of aromatic nitrogens is 2. The van der Waals surface area contributed by atoms with Crippen molar-refractivity contribution < 1.29 is 13.9 Å². The Morgan fingerprint density at radius 1 is 1.43 bits per heavy atom. The van der Waals surface area contributed by atoms with Gasteiger partial charge in [0.05, 0.1) is 30.9 Å². The lowest BCUT2D eigenvalue weighted by Gasteiger charge is -2.29. The van der Waals surface area contributed by atoms with E-state index in [0.717, 1.165) is 11.4 Å². The molecule has 3 rings (SSSR count). The summed E-state index contributed by atoms with van der Waals surface area (Å²) in [4.78, 5) is 18.4. The largest absolute Gasteiger partial charge is 0.375 e. The third-order valence-corrected chi connectivity index (χ3v) is 3.79. The lowest BCUT2D eigenvalue weighted by molar-refractivity contribution is 0.129. The smallest absolute Gasteiger partial charge is 0.322 e. The zero-order valence-corrected chi connectivity index (χ0v) is 13.0. The van der Waals surface area contributed by atoms with Crippen LogP contribution in [-0.4, -0.2) is 33.6 Å². The van der Waals surface area contributed by atoms with Crippen LogP contribution in [0.3, 0.4) is 0 Å². The van der Waals surface area contributed by atoms with Gasteiger partial charge in [0.25, 0.3) is 0 Å². The molecule has 0 bridgehead atoms. The van der Waals surface area contributed by atoms with Crippen molar-refractivity contribution in [3.05, 3.63) is 47.8 Å². The van der Waals surface area contributed by atoms with Crippen LogP contribution >= 0.6 is 0 Å². The Bertz CT molecular complexity index is 701. The van der Waals surface area contributed by atoms with Gasteiger partial charge in [-0.15, -0.1) is 0 Å². The monoisotopic (exact) mass is 318 g/mol. The molecule has 0 unspecified atom stereocenters. The summed E-state index contributed by atoms with van der Waals surface area (Å²) in [5.41, 5.74) is 2.29. The topological polar surface area (TPSA) is 59.4 Å². The second-order valence-corrected chi connectivity index (χ2v) is 5.33. The first kappa shape index (κ1) is 15.5. The molecule has 1 aliphatic rings. The summed E-state index contributed by atoms with van der Waals surface area (Å²) in [6.45, 7) is 4.72. The van der Waals surface area contributed by atoms with E-state index in [4.69, 9.17) is 4.74 Å². The number of halogens is 1. The number of rotatable bonds is 4. The number of nitrogens with zero attached hydrogens (tertiary/aromatic N) is 3. The summed E-state index contributed by atoms with van der Waals surface area (Å²) < 4.78 is 20.7. The molecule has 7 heteroatoms. The van der Waals surface area contributed by atoms with Crippen LogP contribution in [0.25, 0.3) is 0 Å². The van der Waals surface area contributed by atoms with Crippen molar-refractivity contribution in [1.29, 1.82) is 0 Å². The number of nitrogens with one attached hydrogen (secondary N) is 1. The number of fused-ring (bicyclic) bond motifs is 1. The molecule has 0 saturated carbocycles. The van der Waals surface area contributed by atoms with Gasteiger partial charge in [0, 0.05) is 25.4 Å². The van der Waals surface area contributed by atoms with E-state index in [0.29, 0.717) is 38.5 Å². The van der Waals surface area contributed by atoms with Crippen molar-refractivity contribution in [1.82, 2.24) is 14.5 Å². The maximum atomic E-state index is 13.2. The molecular formula is C16H19FN4O2. The molecule has 0 atom stereocenters. The van der Waals surface area contributed by atoms with E-state index in [1.807, 2.05) is 11.5 Å². The molecule has 0 spiro atoms. The average Bonchev–Trinajstić information content (AvgIpc) is 2.95. The summed E-state index contributed by atoms with van der Waals surface area (Å²) >= 11 is 0. The number of ether oxygens (including phenoxy) is 1. The molecule has 2 aromatic rings. The van der Waals surface area contributed by atoms with Crippen LogP contribution in [0.4, 0.5) is 14.9 Å². The van der Waals surface area contributed by atoms with E-state index in [-0.39, 0.29) is 11.8 Å². The molecule has 1 N–H and O–H groups in total. The lowest BCUT2D eigenvalue weighted by Crippen LogP contribution is -2.40. The maximum absolute atomic E-state index is 13.2. The minimum atomic E-state index is -0.376. The number of anilines is 1. The maximum Gasteiger partial charge on any atom is 0.322 e. The Kier molecular flexibility index (Phi) is 4.57. The number of hydrogen-bond acceptors (Lipinski definition) is 3. The quantitative estimate of drug-likeness (QED) is 0.942. The van der Waals surface area contributed by atoms with Crippen LogP contribution in [0, 0.1) is 5.82 Å². The number of imidazole rings is 1. The van der Waals surface area contributed by atoms with E-state index in [9.17, 15) is 9.18 Å². The van der Waals surface area contributed by atoms with E-state index in [1.165, 1.54) is 12.1 Å². The van der Waals surface area contributed by atoms with E-state index >= 15 is 0 Å². The average molecular weight is 318 g/mol. The van der Waals surface area contributed by atoms with Gasteiger partial charge in [-0.25, -0.2) is 14.2 Å². The number of hydrogen-bond donors (Lipinski definition) is 1. The third kappa shape index (κ3) is 3.50. The van der Waals surface area contributed by atoms with Gasteiger partial charge in [-0.05, 0) is 25.1 Å². The SMILES string of the molecule is CCOCc1ncn2c1CN(C(=O)Nc1cccc(F)c1)CC2. The molecule has 2 heterocycles. The Hall–Kier alpha value is -2.41. The van der Waals surface area contributed by atoms with Gasteiger partial charge >= 0.3 is 6.03 Å². The van der Waals surface area contributed by atoms with Crippen LogP contribution in [0.2, 0.25) is 0 Å². The van der Waals surface area contributed by atoms with Crippen molar-refractivity contribution in [2.24, 2.45) is 0 Å². The third-order valence-electron chi connectivity index (χ3n) is 3.79. The Morgan fingerprint density at radius 2 is 2.30 bits per heavy atom. The highest BCUT2D eigenvalue weighted by Crippen LogP contribution is 2.18. The zero-order valence-electron chi connectivity index (χ0n) is 13.0. The molecule has 23 heavy (non-hydrogen) atoms. The lowest BCUT2D eigenvalue weighted by atomic mass is 10.2. The summed E-state index contributed by atoms with van der Waals surface area (Å²) in [5, 5.41) is 2.72. The van der Waals surface area contributed by atoms with Crippen molar-refractivity contribution in [3.8, 4) is 0 Å². The Labute approximate surface area is 133 Å². The highest BCUT2D eigenvalue weighted by Gasteiger charge is 2.23. The van der Waals surface area contributed by atoms with Crippen molar-refractivity contribution >= 4 is 11.7 Å². The summed E-state index contributed by atoms with van der Waals surface area (Å²) in [5.74, 6) is -0.376. The first-order valence-corrected chi connectivity index (χ1v) is 7.59. The first-order chi connectivity index (χ1) is 11.2. The van der Waals surface area contributed by atoms with E-state index in [2.05, 4.69) is 10.3 Å². The van der Waals surface area contributed by atoms with Crippen molar-refractivity contribution in [3.63, 3.8) is 0 Å². The molecule has 0 radical (unpaired) electrons. The molecule has 1 aromatic heterocycles. The minimum absolute atomic E-state index is 0.245. The van der Waals surface area contributed by atoms with Crippen LogP contribution in [0.15, 0.2) is 30.6 Å². The van der Waals surface area contributed by atoms with Gasteiger partial charge in [0.2, 0.25) is 0 Å². The van der Waals surface area contributed by atoms with Crippen LogP contribution in [0.5, 0.6) is 0 Å². The van der Waals surface area contributed by atoms with Gasteiger partial charge in [0.15, 0.2) is 0 Å². The molecule has 0 fully saturated rings. The summed E-state index contributed by atoms with van der Waals surface area (Å²) in [7, 11) is 0. The fourth-order valence-corrected chi connectivity index (χ4v) is 2.57. The molecule has 0 saturated heterocycles. The van der Waals surface area contributed by atoms with E-state index in [1.54, 1.807) is 23.4 Å². The number of carbonyl (C=O) groups is 1.